The van der Waals surface area contributed by atoms with Gasteiger partial charge in [-0.25, -0.2) is 9.97 Å². The lowest BCUT2D eigenvalue weighted by Crippen LogP contribution is -2.49. The summed E-state index contributed by atoms with van der Waals surface area (Å²) in [6.07, 6.45) is 5.09. The number of aromatic nitrogens is 2. The zero-order chi connectivity index (χ0) is 22.7. The molecule has 2 aliphatic heterocycles. The minimum absolute atomic E-state index is 0.0408. The summed E-state index contributed by atoms with van der Waals surface area (Å²) in [6, 6.07) is 19.9. The average molecular weight is 444 g/mol. The van der Waals surface area contributed by atoms with Crippen molar-refractivity contribution in [2.75, 3.05) is 26.9 Å². The van der Waals surface area contributed by atoms with Gasteiger partial charge < -0.3 is 14.4 Å². The molecule has 0 saturated carbocycles. The number of carbonyl (C=O) groups excluding carboxylic acids is 1. The molecule has 6 nitrogen and oxygen atoms in total. The van der Waals surface area contributed by atoms with Crippen molar-refractivity contribution in [3.8, 4) is 17.1 Å². The van der Waals surface area contributed by atoms with Crippen LogP contribution in [0.5, 0.6) is 5.75 Å². The molecule has 0 spiro atoms. The minimum Gasteiger partial charge on any atom is -0.497 e. The van der Waals surface area contributed by atoms with Gasteiger partial charge in [0.15, 0.2) is 5.82 Å². The highest BCUT2D eigenvalue weighted by atomic mass is 16.5. The summed E-state index contributed by atoms with van der Waals surface area (Å²) in [7, 11) is 1.65. The Balaban J connectivity index is 1.46. The van der Waals surface area contributed by atoms with Crippen LogP contribution in [0.1, 0.15) is 43.0 Å². The van der Waals surface area contributed by atoms with Crippen molar-refractivity contribution in [1.82, 2.24) is 14.9 Å². The molecule has 3 heterocycles. The molecule has 1 aromatic heterocycles. The van der Waals surface area contributed by atoms with E-state index in [2.05, 4.69) is 22.0 Å². The van der Waals surface area contributed by atoms with E-state index < -0.39 is 5.41 Å². The van der Waals surface area contributed by atoms with Crippen LogP contribution in [0.2, 0.25) is 0 Å². The van der Waals surface area contributed by atoms with Gasteiger partial charge in [-0.1, -0.05) is 30.3 Å². The second-order valence-electron chi connectivity index (χ2n) is 8.75. The van der Waals surface area contributed by atoms with Gasteiger partial charge in [-0.15, -0.1) is 0 Å². The molecule has 2 aromatic carbocycles. The Kier molecular flexibility index (Phi) is 6.09. The molecule has 1 unspecified atom stereocenters. The van der Waals surface area contributed by atoms with Crippen LogP contribution in [-0.2, 0) is 14.9 Å². The van der Waals surface area contributed by atoms with Crippen LogP contribution in [0.3, 0.4) is 0 Å². The molecule has 0 bridgehead atoms. The number of benzene rings is 2. The molecule has 6 heteroatoms. The Morgan fingerprint density at radius 2 is 1.82 bits per heavy atom. The van der Waals surface area contributed by atoms with Gasteiger partial charge in [-0.3, -0.25) is 4.79 Å². The van der Waals surface area contributed by atoms with Gasteiger partial charge >= 0.3 is 0 Å². The first-order valence-corrected chi connectivity index (χ1v) is 11.6. The molecular weight excluding hydrogens is 414 g/mol. The lowest BCUT2D eigenvalue weighted by molar-refractivity contribution is -0.142. The van der Waals surface area contributed by atoms with Crippen molar-refractivity contribution in [2.24, 2.45) is 0 Å². The summed E-state index contributed by atoms with van der Waals surface area (Å²) >= 11 is 0. The third-order valence-electron chi connectivity index (χ3n) is 6.96. The Morgan fingerprint density at radius 1 is 1.06 bits per heavy atom. The van der Waals surface area contributed by atoms with E-state index in [1.807, 2.05) is 48.5 Å². The minimum atomic E-state index is -0.534. The van der Waals surface area contributed by atoms with E-state index in [0.717, 1.165) is 42.0 Å². The molecule has 1 amide bonds. The average Bonchev–Trinajstić information content (AvgIpc) is 3.39. The van der Waals surface area contributed by atoms with Gasteiger partial charge in [0.25, 0.3) is 0 Å². The predicted octanol–water partition coefficient (Wildman–Crippen LogP) is 4.56. The first-order valence-electron chi connectivity index (χ1n) is 11.6. The van der Waals surface area contributed by atoms with Gasteiger partial charge in [0.2, 0.25) is 5.91 Å². The molecule has 2 saturated heterocycles. The Labute approximate surface area is 194 Å². The zero-order valence-electron chi connectivity index (χ0n) is 18.9. The second-order valence-corrected chi connectivity index (χ2v) is 8.75. The SMILES string of the molecule is COc1ccc(-c2nccc(C3CCCN3C(=O)C3(c4ccccc4)CCOCC3)n2)cc1. The third-order valence-corrected chi connectivity index (χ3v) is 6.96. The highest BCUT2D eigenvalue weighted by Gasteiger charge is 2.47. The smallest absolute Gasteiger partial charge is 0.233 e. The number of nitrogens with zero attached hydrogens (tertiary/aromatic N) is 3. The number of methoxy groups -OCH3 is 1. The maximum absolute atomic E-state index is 14.1. The molecule has 1 atom stereocenters. The molecule has 170 valence electrons. The van der Waals surface area contributed by atoms with E-state index >= 15 is 0 Å². The van der Waals surface area contributed by atoms with Crippen molar-refractivity contribution < 1.29 is 14.3 Å². The molecule has 33 heavy (non-hydrogen) atoms. The van der Waals surface area contributed by atoms with E-state index in [1.54, 1.807) is 13.3 Å². The molecule has 0 radical (unpaired) electrons. The predicted molar refractivity (Wildman–Crippen MR) is 126 cm³/mol. The molecular formula is C27H29N3O3. The van der Waals surface area contributed by atoms with E-state index in [4.69, 9.17) is 14.5 Å². The van der Waals surface area contributed by atoms with Gasteiger partial charge in [-0.2, -0.15) is 0 Å². The van der Waals surface area contributed by atoms with E-state index in [1.165, 1.54) is 0 Å². The van der Waals surface area contributed by atoms with Crippen molar-refractivity contribution in [1.29, 1.82) is 0 Å². The van der Waals surface area contributed by atoms with Gasteiger partial charge in [0.1, 0.15) is 5.75 Å². The van der Waals surface area contributed by atoms with Gasteiger partial charge in [0.05, 0.1) is 24.3 Å². The topological polar surface area (TPSA) is 64.5 Å². The van der Waals surface area contributed by atoms with Gasteiger partial charge in [-0.05, 0) is 61.6 Å². The van der Waals surface area contributed by atoms with Crippen molar-refractivity contribution in [3.05, 3.63) is 78.1 Å². The van der Waals surface area contributed by atoms with Gasteiger partial charge in [0, 0.05) is 31.5 Å². The number of hydrogen-bond donors (Lipinski definition) is 0. The number of ether oxygens (including phenoxy) is 2. The summed E-state index contributed by atoms with van der Waals surface area (Å²) in [5.74, 6) is 1.66. The number of amides is 1. The lowest BCUT2D eigenvalue weighted by Gasteiger charge is -2.40. The molecule has 2 aliphatic rings. The quantitative estimate of drug-likeness (QED) is 0.578. The van der Waals surface area contributed by atoms with Crippen LogP contribution in [-0.4, -0.2) is 47.6 Å². The normalized spacial score (nSPS) is 19.9. The lowest BCUT2D eigenvalue weighted by atomic mass is 9.73. The number of hydrogen-bond acceptors (Lipinski definition) is 5. The standard InChI is InChI=1S/C27H29N3O3/c1-32-22-11-9-20(10-12-22)25-28-16-13-23(29-25)24-8-5-17-30(24)26(31)27(14-18-33-19-15-27)21-6-3-2-4-7-21/h2-4,6-7,9-13,16,24H,5,8,14-15,17-19H2,1H3. The summed E-state index contributed by atoms with van der Waals surface area (Å²) in [6.45, 7) is 1.96. The fraction of sp³-hybridized carbons (Fsp3) is 0.370. The maximum atomic E-state index is 14.1. The van der Waals surface area contributed by atoms with Crippen molar-refractivity contribution in [2.45, 2.75) is 37.1 Å². The Bertz CT molecular complexity index is 1100. The third kappa shape index (κ3) is 4.11. The van der Waals surface area contributed by atoms with Crippen molar-refractivity contribution >= 4 is 5.91 Å². The molecule has 2 fully saturated rings. The van der Waals surface area contributed by atoms with E-state index in [0.29, 0.717) is 31.9 Å². The van der Waals surface area contributed by atoms with Crippen LogP contribution in [0.25, 0.3) is 11.4 Å². The maximum Gasteiger partial charge on any atom is 0.233 e. The van der Waals surface area contributed by atoms with Crippen LogP contribution >= 0.6 is 0 Å². The van der Waals surface area contributed by atoms with E-state index in [9.17, 15) is 4.79 Å². The number of carbonyl (C=O) groups is 1. The fourth-order valence-corrected chi connectivity index (χ4v) is 5.13. The van der Waals surface area contributed by atoms with Crippen LogP contribution < -0.4 is 4.74 Å². The Hall–Kier alpha value is -3.25. The Morgan fingerprint density at radius 3 is 2.55 bits per heavy atom. The van der Waals surface area contributed by atoms with Crippen LogP contribution in [0.15, 0.2) is 66.9 Å². The summed E-state index contributed by atoms with van der Waals surface area (Å²) in [5.41, 5.74) is 2.38. The van der Waals surface area contributed by atoms with Crippen LogP contribution in [0, 0.1) is 0 Å². The molecule has 3 aromatic rings. The summed E-state index contributed by atoms with van der Waals surface area (Å²) in [5, 5.41) is 0. The first-order chi connectivity index (χ1) is 16.2. The highest BCUT2D eigenvalue weighted by molar-refractivity contribution is 5.89. The molecule has 0 N–H and O–H groups in total. The number of rotatable bonds is 5. The fourth-order valence-electron chi connectivity index (χ4n) is 5.13. The summed E-state index contributed by atoms with van der Waals surface area (Å²) in [4.78, 5) is 25.6. The van der Waals surface area contributed by atoms with Crippen LogP contribution in [0.4, 0.5) is 0 Å². The van der Waals surface area contributed by atoms with E-state index in [-0.39, 0.29) is 11.9 Å². The van der Waals surface area contributed by atoms with Crippen molar-refractivity contribution in [3.63, 3.8) is 0 Å². The first kappa shape index (κ1) is 21.6. The zero-order valence-corrected chi connectivity index (χ0v) is 18.9. The largest absolute Gasteiger partial charge is 0.497 e. The second kappa shape index (κ2) is 9.32. The molecule has 0 aliphatic carbocycles. The highest BCUT2D eigenvalue weighted by Crippen LogP contribution is 2.41. The summed E-state index contributed by atoms with van der Waals surface area (Å²) < 4.78 is 10.9. The number of likely N-dealkylation sites (tertiary alicyclic amines) is 1. The molecule has 5 rings (SSSR count). The monoisotopic (exact) mass is 443 g/mol.